The van der Waals surface area contributed by atoms with E-state index < -0.39 is 0 Å². The van der Waals surface area contributed by atoms with Gasteiger partial charge in [-0.3, -0.25) is 4.79 Å². The molecule has 0 bridgehead atoms. The minimum atomic E-state index is 0. The van der Waals surface area contributed by atoms with Crippen LogP contribution in [0.1, 0.15) is 155 Å². The zero-order valence-electron chi connectivity index (χ0n) is 29.3. The average Bonchev–Trinajstić information content (AvgIpc) is 3.28. The third kappa shape index (κ3) is 22.7. The highest BCUT2D eigenvalue weighted by atomic mass is 16.5. The maximum Gasteiger partial charge on any atom is 0.223 e. The van der Waals surface area contributed by atoms with Crippen LogP contribution in [0.15, 0.2) is 0 Å². The molecule has 5 heteroatoms. The lowest BCUT2D eigenvalue weighted by Gasteiger charge is -2.36. The van der Waals surface area contributed by atoms with Gasteiger partial charge in [0.2, 0.25) is 5.91 Å². The third-order valence-corrected chi connectivity index (χ3v) is 7.12. The Morgan fingerprint density at radius 2 is 1.40 bits per heavy atom. The first kappa shape index (κ1) is 46.0. The minimum Gasteiger partial charge on any atom is -0.383 e. The van der Waals surface area contributed by atoms with Crippen molar-refractivity contribution in [2.75, 3.05) is 33.9 Å². The Morgan fingerprint density at radius 1 is 0.900 bits per heavy atom. The summed E-state index contributed by atoms with van der Waals surface area (Å²) in [5, 5.41) is 3.25. The predicted octanol–water partition coefficient (Wildman–Crippen LogP) is 9.57. The highest BCUT2D eigenvalue weighted by Gasteiger charge is 2.35. The molecule has 0 aromatic carbocycles. The lowest BCUT2D eigenvalue weighted by molar-refractivity contribution is -0.135. The Kier molecular flexibility index (Phi) is 27.2. The van der Waals surface area contributed by atoms with Gasteiger partial charge in [0, 0.05) is 26.5 Å². The van der Waals surface area contributed by atoms with Crippen molar-refractivity contribution in [2.45, 2.75) is 161 Å². The topological polar surface area (TPSA) is 58.6 Å². The molecule has 1 atom stereocenters. The molecule has 1 aliphatic rings. The van der Waals surface area contributed by atoms with E-state index >= 15 is 0 Å². The minimum absolute atomic E-state index is 0. The van der Waals surface area contributed by atoms with Crippen molar-refractivity contribution < 1.29 is 14.3 Å². The van der Waals surface area contributed by atoms with Crippen molar-refractivity contribution in [1.29, 1.82) is 0 Å². The summed E-state index contributed by atoms with van der Waals surface area (Å²) >= 11 is 0. The molecule has 1 fully saturated rings. The average molecular weight is 573 g/mol. The van der Waals surface area contributed by atoms with E-state index in [4.69, 9.17) is 4.74 Å². The van der Waals surface area contributed by atoms with Gasteiger partial charge in [-0.05, 0) is 73.8 Å². The molecule has 0 saturated carbocycles. The smallest absolute Gasteiger partial charge is 0.223 e. The molecule has 1 aliphatic heterocycles. The number of rotatable bonds is 15. The fourth-order valence-corrected chi connectivity index (χ4v) is 6.54. The van der Waals surface area contributed by atoms with Crippen molar-refractivity contribution in [2.24, 2.45) is 21.7 Å². The highest BCUT2D eigenvalue weighted by Crippen LogP contribution is 2.39. The van der Waals surface area contributed by atoms with E-state index in [1.165, 1.54) is 19.3 Å². The van der Waals surface area contributed by atoms with E-state index in [-0.39, 0.29) is 24.3 Å². The van der Waals surface area contributed by atoms with Gasteiger partial charge in [0.1, 0.15) is 6.29 Å². The predicted molar refractivity (Wildman–Crippen MR) is 179 cm³/mol. The number of likely N-dealkylation sites (tertiary alicyclic amines) is 1. The number of carbonyl (C=O) groups excluding carboxylic acids is 2. The number of amides is 1. The Balaban J connectivity index is -0.000000298. The number of hydrogen-bond acceptors (Lipinski definition) is 4. The van der Waals surface area contributed by atoms with Gasteiger partial charge in [0.15, 0.2) is 0 Å². The highest BCUT2D eigenvalue weighted by molar-refractivity contribution is 5.77. The molecule has 0 aromatic heterocycles. The number of methoxy groups -OCH3 is 1. The molecular weight excluding hydrogens is 496 g/mol. The molecule has 0 aromatic rings. The number of carbonyl (C=O) groups is 2. The van der Waals surface area contributed by atoms with Gasteiger partial charge in [-0.15, -0.1) is 0 Å². The van der Waals surface area contributed by atoms with Gasteiger partial charge in [-0.1, -0.05) is 104 Å². The van der Waals surface area contributed by atoms with Crippen molar-refractivity contribution in [3.63, 3.8) is 0 Å². The quantitative estimate of drug-likeness (QED) is 0.198. The van der Waals surface area contributed by atoms with Crippen molar-refractivity contribution in [3.8, 4) is 0 Å². The Labute approximate surface area is 253 Å². The number of aldehydes is 1. The van der Waals surface area contributed by atoms with E-state index in [0.717, 1.165) is 45.1 Å². The summed E-state index contributed by atoms with van der Waals surface area (Å²) in [5.74, 6) is 0.291. The second kappa shape index (κ2) is 23.6. The van der Waals surface area contributed by atoms with E-state index in [1.54, 1.807) is 7.11 Å². The van der Waals surface area contributed by atoms with Crippen LogP contribution in [-0.4, -0.2) is 57.0 Å². The van der Waals surface area contributed by atoms with Crippen molar-refractivity contribution in [3.05, 3.63) is 0 Å². The summed E-state index contributed by atoms with van der Waals surface area (Å²) in [6.45, 7) is 30.9. The van der Waals surface area contributed by atoms with Gasteiger partial charge < -0.3 is 19.7 Å². The van der Waals surface area contributed by atoms with Crippen LogP contribution in [0.5, 0.6) is 0 Å². The fourth-order valence-electron chi connectivity index (χ4n) is 6.54. The molecule has 0 spiro atoms. The van der Waals surface area contributed by atoms with Gasteiger partial charge in [0.05, 0.1) is 12.6 Å². The second-order valence-electron chi connectivity index (χ2n) is 14.0. The fraction of sp³-hybridized carbons (Fsp3) is 0.943. The zero-order valence-corrected chi connectivity index (χ0v) is 29.3. The molecule has 5 nitrogen and oxygen atoms in total. The number of ether oxygens (including phenoxy) is 1. The normalized spacial score (nSPS) is 15.4. The number of hydrogen-bond donors (Lipinski definition) is 1. The molecule has 244 valence electrons. The van der Waals surface area contributed by atoms with Crippen LogP contribution in [0, 0.1) is 21.7 Å². The molecule has 0 radical (unpaired) electrons. The number of nitrogens with zero attached hydrogens (tertiary/aromatic N) is 1. The summed E-state index contributed by atoms with van der Waals surface area (Å²) in [5.41, 5.74) is 0.952. The molecule has 1 amide bonds. The van der Waals surface area contributed by atoms with Crippen LogP contribution in [-0.2, 0) is 14.3 Å². The first-order chi connectivity index (χ1) is 18.0. The Bertz CT molecular complexity index is 612. The van der Waals surface area contributed by atoms with Crippen LogP contribution < -0.4 is 5.32 Å². The number of nitrogens with one attached hydrogen (secondary N) is 1. The molecule has 40 heavy (non-hydrogen) atoms. The van der Waals surface area contributed by atoms with Gasteiger partial charge in [0.25, 0.3) is 0 Å². The standard InChI is InChI=1S/C17H34N2O2.C13H26O.2C2H6.CH4/c1-16(2,12-17(3,4)13-18-5)10-15(20)19-9-7-8-14(19)11-21-6;1-6-8-12(2,3)11-13(4,5)9-7-10-14;2*1-2;/h14,18H,7-13H2,1-6H3;10H,6-9,11H2,1-5H3;2*1-2H3;1H4. The maximum absolute atomic E-state index is 12.6. The third-order valence-electron chi connectivity index (χ3n) is 7.12. The Hall–Kier alpha value is -0.940. The van der Waals surface area contributed by atoms with E-state index in [2.05, 4.69) is 67.6 Å². The summed E-state index contributed by atoms with van der Waals surface area (Å²) in [4.78, 5) is 25.0. The molecular formula is C35H76N2O3. The molecule has 1 heterocycles. The van der Waals surface area contributed by atoms with Gasteiger partial charge in [-0.25, -0.2) is 0 Å². The molecule has 1 rings (SSSR count). The van der Waals surface area contributed by atoms with E-state index in [0.29, 0.717) is 36.2 Å². The van der Waals surface area contributed by atoms with Crippen molar-refractivity contribution >= 4 is 12.2 Å². The van der Waals surface area contributed by atoms with Crippen LogP contribution in [0.3, 0.4) is 0 Å². The summed E-state index contributed by atoms with van der Waals surface area (Å²) < 4.78 is 5.25. The SMILES string of the molecule is C.CC.CC.CCCC(C)(C)CC(C)(C)CCC=O.CNCC(C)(C)CC(C)(C)CC(=O)N1CCCC1COC. The van der Waals surface area contributed by atoms with E-state index in [1.807, 2.05) is 39.6 Å². The van der Waals surface area contributed by atoms with Crippen LogP contribution >= 0.6 is 0 Å². The zero-order chi connectivity index (χ0) is 31.3. The first-order valence-electron chi connectivity index (χ1n) is 15.9. The second-order valence-corrected chi connectivity index (χ2v) is 14.0. The maximum atomic E-state index is 12.6. The lowest BCUT2D eigenvalue weighted by atomic mass is 9.71. The lowest BCUT2D eigenvalue weighted by Crippen LogP contribution is -2.41. The van der Waals surface area contributed by atoms with Crippen LogP contribution in [0.25, 0.3) is 0 Å². The van der Waals surface area contributed by atoms with Crippen LogP contribution in [0.4, 0.5) is 0 Å². The van der Waals surface area contributed by atoms with E-state index in [9.17, 15) is 9.59 Å². The van der Waals surface area contributed by atoms with Gasteiger partial charge >= 0.3 is 0 Å². The molecule has 0 aliphatic carbocycles. The van der Waals surface area contributed by atoms with Crippen molar-refractivity contribution in [1.82, 2.24) is 10.2 Å². The summed E-state index contributed by atoms with van der Waals surface area (Å²) in [7, 11) is 3.70. The molecule has 1 saturated heterocycles. The Morgan fingerprint density at radius 3 is 1.85 bits per heavy atom. The largest absolute Gasteiger partial charge is 0.383 e. The summed E-state index contributed by atoms with van der Waals surface area (Å²) in [6, 6.07) is 0.281. The van der Waals surface area contributed by atoms with Gasteiger partial charge in [-0.2, -0.15) is 0 Å². The molecule has 1 unspecified atom stereocenters. The first-order valence-corrected chi connectivity index (χ1v) is 15.9. The summed E-state index contributed by atoms with van der Waals surface area (Å²) in [6.07, 6.45) is 10.3. The van der Waals surface area contributed by atoms with Crippen LogP contribution in [0.2, 0.25) is 0 Å². The molecule has 1 N–H and O–H groups in total. The monoisotopic (exact) mass is 573 g/mol.